The Bertz CT molecular complexity index is 112. The summed E-state index contributed by atoms with van der Waals surface area (Å²) in [7, 11) is 0. The molecule has 0 radical (unpaired) electrons. The van der Waals surface area contributed by atoms with Crippen molar-refractivity contribution in [2.75, 3.05) is 0 Å². The van der Waals surface area contributed by atoms with Crippen molar-refractivity contribution in [3.05, 3.63) is 14.9 Å². The summed E-state index contributed by atoms with van der Waals surface area (Å²) < 4.78 is 0. The number of hydrogen-bond donors (Lipinski definition) is 0. The van der Waals surface area contributed by atoms with Gasteiger partial charge in [0.05, 0.1) is 0 Å². The molecule has 0 aromatic heterocycles. The molecule has 2 fully saturated rings. The topological polar surface area (TPSA) is 0 Å². The van der Waals surface area contributed by atoms with Crippen LogP contribution in [0.1, 0.15) is 65.7 Å². The van der Waals surface area contributed by atoms with Gasteiger partial charge >= 0.3 is 17.1 Å². The summed E-state index contributed by atoms with van der Waals surface area (Å²) in [6.07, 6.45) is 10.4. The van der Waals surface area contributed by atoms with Gasteiger partial charge in [0, 0.05) is 0 Å². The maximum Gasteiger partial charge on any atom is 2.00 e. The van der Waals surface area contributed by atoms with E-state index in [2.05, 4.69) is 20.8 Å². The van der Waals surface area contributed by atoms with Gasteiger partial charge in [-0.3, -0.25) is 0 Å². The standard InChI is InChI=1S/C8H16.C5H10.2CH3.Fe/c1-6-4-5-7(2)8(6)3;1-2-4-5-3-1;;;/h6-8H,4-5H2,1-3H3;1-5H2;2*1H3;/q;;2*-1;+2. The molecule has 0 nitrogen and oxygen atoms in total. The predicted octanol–water partition coefficient (Wildman–Crippen LogP) is 5.54. The van der Waals surface area contributed by atoms with E-state index in [1.54, 1.807) is 0 Å². The summed E-state index contributed by atoms with van der Waals surface area (Å²) >= 11 is 0. The molecule has 2 aliphatic rings. The molecule has 0 aromatic carbocycles. The van der Waals surface area contributed by atoms with Gasteiger partial charge < -0.3 is 14.9 Å². The summed E-state index contributed by atoms with van der Waals surface area (Å²) in [6, 6.07) is 0. The first-order valence-electron chi connectivity index (χ1n) is 6.22. The molecule has 0 amide bonds. The fourth-order valence-corrected chi connectivity index (χ4v) is 2.50. The van der Waals surface area contributed by atoms with Crippen LogP contribution >= 0.6 is 0 Å². The Balaban J connectivity index is -0.000000189. The van der Waals surface area contributed by atoms with E-state index in [9.17, 15) is 0 Å². The van der Waals surface area contributed by atoms with Gasteiger partial charge in [-0.2, -0.15) is 0 Å². The van der Waals surface area contributed by atoms with Crippen molar-refractivity contribution in [1.29, 1.82) is 0 Å². The minimum Gasteiger partial charge on any atom is -0.358 e. The SMILES string of the molecule is C1CCCC1.CC1CCC(C)C1C.[CH3-].[CH3-].[Fe+2]. The van der Waals surface area contributed by atoms with Crippen molar-refractivity contribution in [3.63, 3.8) is 0 Å². The molecule has 2 aliphatic carbocycles. The van der Waals surface area contributed by atoms with Crippen LogP contribution in [-0.2, 0) is 17.1 Å². The van der Waals surface area contributed by atoms with Gasteiger partial charge in [-0.05, 0) is 17.8 Å². The second-order valence-electron chi connectivity index (χ2n) is 5.16. The molecule has 2 atom stereocenters. The second-order valence-corrected chi connectivity index (χ2v) is 5.16. The number of hydrogen-bond acceptors (Lipinski definition) is 0. The smallest absolute Gasteiger partial charge is 0.358 e. The van der Waals surface area contributed by atoms with Crippen LogP contribution in [-0.4, -0.2) is 0 Å². The number of rotatable bonds is 0. The van der Waals surface area contributed by atoms with Gasteiger partial charge in [-0.15, -0.1) is 0 Å². The molecular formula is C15H32Fe. The van der Waals surface area contributed by atoms with Crippen molar-refractivity contribution in [2.45, 2.75) is 65.7 Å². The Labute approximate surface area is 115 Å². The third-order valence-corrected chi connectivity index (χ3v) is 4.12. The van der Waals surface area contributed by atoms with Gasteiger partial charge in [-0.25, -0.2) is 0 Å². The van der Waals surface area contributed by atoms with E-state index in [-0.39, 0.29) is 31.9 Å². The van der Waals surface area contributed by atoms with Crippen molar-refractivity contribution in [2.24, 2.45) is 17.8 Å². The molecule has 16 heavy (non-hydrogen) atoms. The van der Waals surface area contributed by atoms with Gasteiger partial charge in [0.1, 0.15) is 0 Å². The normalized spacial score (nSPS) is 31.3. The summed E-state index contributed by atoms with van der Waals surface area (Å²) in [5, 5.41) is 0. The Kier molecular flexibility index (Phi) is 16.3. The van der Waals surface area contributed by atoms with Crippen molar-refractivity contribution in [1.82, 2.24) is 0 Å². The molecule has 0 N–H and O–H groups in total. The molecular weight excluding hydrogens is 236 g/mol. The summed E-state index contributed by atoms with van der Waals surface area (Å²) in [6.45, 7) is 7.12. The van der Waals surface area contributed by atoms with Crippen LogP contribution in [0.5, 0.6) is 0 Å². The fourth-order valence-electron chi connectivity index (χ4n) is 2.50. The zero-order chi connectivity index (χ0) is 9.68. The fraction of sp³-hybridized carbons (Fsp3) is 0.867. The molecule has 100 valence electrons. The van der Waals surface area contributed by atoms with Crippen LogP contribution in [0, 0.1) is 32.6 Å². The van der Waals surface area contributed by atoms with Gasteiger partial charge in [0.15, 0.2) is 0 Å². The monoisotopic (exact) mass is 268 g/mol. The first kappa shape index (κ1) is 21.8. The van der Waals surface area contributed by atoms with E-state index in [4.69, 9.17) is 0 Å². The molecule has 0 bridgehead atoms. The van der Waals surface area contributed by atoms with Crippen LogP contribution in [0.4, 0.5) is 0 Å². The summed E-state index contributed by atoms with van der Waals surface area (Å²) in [4.78, 5) is 0. The molecule has 0 aliphatic heterocycles. The zero-order valence-corrected chi connectivity index (χ0v) is 13.1. The maximum absolute atomic E-state index is 2.38. The second kappa shape index (κ2) is 12.0. The minimum atomic E-state index is 0. The zero-order valence-electron chi connectivity index (χ0n) is 12.0. The maximum atomic E-state index is 2.38. The van der Waals surface area contributed by atoms with Gasteiger partial charge in [0.2, 0.25) is 0 Å². The third kappa shape index (κ3) is 7.74. The largest absolute Gasteiger partial charge is 2.00 e. The molecule has 2 saturated carbocycles. The van der Waals surface area contributed by atoms with E-state index < -0.39 is 0 Å². The van der Waals surface area contributed by atoms with E-state index in [1.807, 2.05) is 0 Å². The molecule has 0 aromatic rings. The van der Waals surface area contributed by atoms with E-state index in [0.29, 0.717) is 0 Å². The quantitative estimate of drug-likeness (QED) is 0.400. The third-order valence-electron chi connectivity index (χ3n) is 4.12. The predicted molar refractivity (Wildman–Crippen MR) is 72.6 cm³/mol. The molecule has 2 unspecified atom stereocenters. The van der Waals surface area contributed by atoms with Crippen LogP contribution < -0.4 is 0 Å². The van der Waals surface area contributed by atoms with Crippen molar-refractivity contribution in [3.8, 4) is 0 Å². The van der Waals surface area contributed by atoms with Gasteiger partial charge in [0.25, 0.3) is 0 Å². The van der Waals surface area contributed by atoms with Crippen molar-refractivity contribution >= 4 is 0 Å². The molecule has 0 spiro atoms. The Morgan fingerprint density at radius 2 is 0.875 bits per heavy atom. The Hall–Kier alpha value is 0.519. The Morgan fingerprint density at radius 1 is 0.625 bits per heavy atom. The summed E-state index contributed by atoms with van der Waals surface area (Å²) in [5.41, 5.74) is 0. The molecule has 1 heteroatoms. The first-order chi connectivity index (χ1) is 6.22. The van der Waals surface area contributed by atoms with Crippen molar-refractivity contribution < 1.29 is 17.1 Å². The van der Waals surface area contributed by atoms with E-state index in [0.717, 1.165) is 17.8 Å². The van der Waals surface area contributed by atoms with Crippen LogP contribution in [0.25, 0.3) is 0 Å². The summed E-state index contributed by atoms with van der Waals surface area (Å²) in [5.74, 6) is 2.96. The Morgan fingerprint density at radius 3 is 1.00 bits per heavy atom. The van der Waals surface area contributed by atoms with E-state index >= 15 is 0 Å². The van der Waals surface area contributed by atoms with Gasteiger partial charge in [-0.1, -0.05) is 65.7 Å². The first-order valence-corrected chi connectivity index (χ1v) is 6.22. The average molecular weight is 268 g/mol. The van der Waals surface area contributed by atoms with Crippen LogP contribution in [0.3, 0.4) is 0 Å². The van der Waals surface area contributed by atoms with Crippen LogP contribution in [0.15, 0.2) is 0 Å². The van der Waals surface area contributed by atoms with Crippen LogP contribution in [0.2, 0.25) is 0 Å². The minimum absolute atomic E-state index is 0. The molecule has 0 heterocycles. The molecule has 0 saturated heterocycles. The van der Waals surface area contributed by atoms with E-state index in [1.165, 1.54) is 44.9 Å². The molecule has 2 rings (SSSR count). The average Bonchev–Trinajstić information content (AvgIpc) is 2.75.